The lowest BCUT2D eigenvalue weighted by atomic mass is 9.93. The number of nitrogens with zero attached hydrogens (tertiary/aromatic N) is 2. The van der Waals surface area contributed by atoms with E-state index in [-0.39, 0.29) is 11.7 Å². The summed E-state index contributed by atoms with van der Waals surface area (Å²) >= 11 is 0. The van der Waals surface area contributed by atoms with Crippen molar-refractivity contribution in [2.24, 2.45) is 5.92 Å². The summed E-state index contributed by atoms with van der Waals surface area (Å²) in [5.41, 5.74) is 0.617. The molecule has 0 atom stereocenters. The zero-order valence-electron chi connectivity index (χ0n) is 11.0. The van der Waals surface area contributed by atoms with Crippen LogP contribution in [0.15, 0.2) is 6.20 Å². The van der Waals surface area contributed by atoms with Crippen molar-refractivity contribution < 1.29 is 14.3 Å². The Bertz CT molecular complexity index is 408. The fourth-order valence-corrected chi connectivity index (χ4v) is 2.30. The molecule has 0 spiro atoms. The number of aromatic nitrogens is 2. The number of carbonyl (C=O) groups is 1. The SMILES string of the molecule is CCCn1ncc(OC)c1C(=O)C1CCOCC1. The third-order valence-corrected chi connectivity index (χ3v) is 3.29. The van der Waals surface area contributed by atoms with E-state index in [1.54, 1.807) is 18.0 Å². The lowest BCUT2D eigenvalue weighted by molar-refractivity contribution is 0.0536. The van der Waals surface area contributed by atoms with Crippen LogP contribution in [0.5, 0.6) is 5.75 Å². The van der Waals surface area contributed by atoms with Crippen molar-refractivity contribution in [1.82, 2.24) is 9.78 Å². The van der Waals surface area contributed by atoms with Gasteiger partial charge in [-0.15, -0.1) is 0 Å². The molecule has 0 saturated carbocycles. The normalized spacial score (nSPS) is 16.8. The van der Waals surface area contributed by atoms with Gasteiger partial charge in [0.15, 0.2) is 11.5 Å². The summed E-state index contributed by atoms with van der Waals surface area (Å²) < 4.78 is 12.3. The Kier molecular flexibility index (Phi) is 4.36. The van der Waals surface area contributed by atoms with Crippen LogP contribution in [0.2, 0.25) is 0 Å². The number of aryl methyl sites for hydroxylation is 1. The molecule has 1 aromatic rings. The molecule has 0 aromatic carbocycles. The Morgan fingerprint density at radius 2 is 2.28 bits per heavy atom. The number of ether oxygens (including phenoxy) is 2. The van der Waals surface area contributed by atoms with Crippen LogP contribution in [0, 0.1) is 5.92 Å². The summed E-state index contributed by atoms with van der Waals surface area (Å²) in [6, 6.07) is 0. The van der Waals surface area contributed by atoms with Gasteiger partial charge in [0.1, 0.15) is 5.69 Å². The molecule has 1 aliphatic rings. The first-order valence-corrected chi connectivity index (χ1v) is 6.49. The summed E-state index contributed by atoms with van der Waals surface area (Å²) in [5, 5.41) is 4.23. The Morgan fingerprint density at radius 3 is 2.89 bits per heavy atom. The Balaban J connectivity index is 2.23. The quantitative estimate of drug-likeness (QED) is 0.751. The molecule has 0 aliphatic carbocycles. The maximum atomic E-state index is 12.5. The van der Waals surface area contributed by atoms with E-state index in [0.717, 1.165) is 25.8 Å². The van der Waals surface area contributed by atoms with Gasteiger partial charge < -0.3 is 9.47 Å². The molecule has 1 fully saturated rings. The summed E-state index contributed by atoms with van der Waals surface area (Å²) in [5.74, 6) is 0.765. The summed E-state index contributed by atoms with van der Waals surface area (Å²) in [6.07, 6.45) is 4.15. The molecule has 5 heteroatoms. The smallest absolute Gasteiger partial charge is 0.187 e. The molecule has 1 aromatic heterocycles. The summed E-state index contributed by atoms with van der Waals surface area (Å²) in [6.45, 7) is 4.14. The number of ketones is 1. The van der Waals surface area contributed by atoms with Crippen LogP contribution in [-0.4, -0.2) is 35.9 Å². The molecule has 0 unspecified atom stereocenters. The lowest BCUT2D eigenvalue weighted by Crippen LogP contribution is -2.26. The molecule has 18 heavy (non-hydrogen) atoms. The van der Waals surface area contributed by atoms with Gasteiger partial charge in [-0.3, -0.25) is 9.48 Å². The zero-order valence-corrected chi connectivity index (χ0v) is 11.0. The van der Waals surface area contributed by atoms with Crippen molar-refractivity contribution in [3.63, 3.8) is 0 Å². The van der Waals surface area contributed by atoms with Crippen LogP contribution in [0.3, 0.4) is 0 Å². The van der Waals surface area contributed by atoms with E-state index in [2.05, 4.69) is 12.0 Å². The van der Waals surface area contributed by atoms with Crippen LogP contribution in [-0.2, 0) is 11.3 Å². The molecule has 1 saturated heterocycles. The van der Waals surface area contributed by atoms with E-state index < -0.39 is 0 Å². The molecule has 0 N–H and O–H groups in total. The highest BCUT2D eigenvalue weighted by atomic mass is 16.5. The number of hydrogen-bond acceptors (Lipinski definition) is 4. The van der Waals surface area contributed by atoms with Gasteiger partial charge in [0.2, 0.25) is 0 Å². The van der Waals surface area contributed by atoms with E-state index in [0.29, 0.717) is 24.7 Å². The number of hydrogen-bond donors (Lipinski definition) is 0. The van der Waals surface area contributed by atoms with Crippen molar-refractivity contribution in [3.8, 4) is 5.75 Å². The van der Waals surface area contributed by atoms with Crippen molar-refractivity contribution in [2.75, 3.05) is 20.3 Å². The predicted octanol–water partition coefficient (Wildman–Crippen LogP) is 1.91. The van der Waals surface area contributed by atoms with Crippen molar-refractivity contribution in [3.05, 3.63) is 11.9 Å². The largest absolute Gasteiger partial charge is 0.493 e. The fourth-order valence-electron chi connectivity index (χ4n) is 2.30. The predicted molar refractivity (Wildman–Crippen MR) is 66.9 cm³/mol. The van der Waals surface area contributed by atoms with E-state index in [1.165, 1.54) is 0 Å². The third-order valence-electron chi connectivity index (χ3n) is 3.29. The van der Waals surface area contributed by atoms with Crippen molar-refractivity contribution in [1.29, 1.82) is 0 Å². The highest BCUT2D eigenvalue weighted by Gasteiger charge is 2.28. The van der Waals surface area contributed by atoms with Gasteiger partial charge in [-0.05, 0) is 19.3 Å². The topological polar surface area (TPSA) is 53.4 Å². The Hall–Kier alpha value is -1.36. The molecule has 2 rings (SSSR count). The average Bonchev–Trinajstić information content (AvgIpc) is 2.82. The van der Waals surface area contributed by atoms with Crippen LogP contribution in [0.25, 0.3) is 0 Å². The maximum Gasteiger partial charge on any atom is 0.187 e. The molecular formula is C13H20N2O3. The van der Waals surface area contributed by atoms with E-state index in [9.17, 15) is 4.79 Å². The van der Waals surface area contributed by atoms with E-state index >= 15 is 0 Å². The average molecular weight is 252 g/mol. The second-order valence-electron chi connectivity index (χ2n) is 4.54. The van der Waals surface area contributed by atoms with Crippen LogP contribution >= 0.6 is 0 Å². The second-order valence-corrected chi connectivity index (χ2v) is 4.54. The minimum absolute atomic E-state index is 0.0416. The molecule has 2 heterocycles. The van der Waals surface area contributed by atoms with Gasteiger partial charge in [0.05, 0.1) is 13.3 Å². The fraction of sp³-hybridized carbons (Fsp3) is 0.692. The molecule has 100 valence electrons. The Labute approximate surface area is 107 Å². The minimum Gasteiger partial charge on any atom is -0.493 e. The van der Waals surface area contributed by atoms with Gasteiger partial charge in [-0.1, -0.05) is 6.92 Å². The molecule has 1 aliphatic heterocycles. The van der Waals surface area contributed by atoms with Gasteiger partial charge in [-0.25, -0.2) is 0 Å². The highest BCUT2D eigenvalue weighted by molar-refractivity contribution is 5.98. The number of methoxy groups -OCH3 is 1. The first kappa shape index (κ1) is 13.1. The van der Waals surface area contributed by atoms with Crippen LogP contribution in [0.4, 0.5) is 0 Å². The number of carbonyl (C=O) groups excluding carboxylic acids is 1. The van der Waals surface area contributed by atoms with Gasteiger partial charge >= 0.3 is 0 Å². The summed E-state index contributed by atoms with van der Waals surface area (Å²) in [4.78, 5) is 12.5. The molecule has 0 bridgehead atoms. The van der Waals surface area contributed by atoms with Crippen LogP contribution in [0.1, 0.15) is 36.7 Å². The second kappa shape index (κ2) is 6.00. The van der Waals surface area contributed by atoms with Gasteiger partial charge in [0, 0.05) is 25.7 Å². The van der Waals surface area contributed by atoms with Crippen molar-refractivity contribution >= 4 is 5.78 Å². The molecular weight excluding hydrogens is 232 g/mol. The lowest BCUT2D eigenvalue weighted by Gasteiger charge is -2.21. The first-order valence-electron chi connectivity index (χ1n) is 6.49. The third kappa shape index (κ3) is 2.56. The summed E-state index contributed by atoms with van der Waals surface area (Å²) in [7, 11) is 1.58. The number of rotatable bonds is 5. The van der Waals surface area contributed by atoms with Crippen LogP contribution < -0.4 is 4.74 Å². The standard InChI is InChI=1S/C13H20N2O3/c1-3-6-15-12(11(17-2)9-14-15)13(16)10-4-7-18-8-5-10/h9-10H,3-8H2,1-2H3. The van der Waals surface area contributed by atoms with Gasteiger partial charge in [-0.2, -0.15) is 5.10 Å². The first-order chi connectivity index (χ1) is 8.77. The highest BCUT2D eigenvalue weighted by Crippen LogP contribution is 2.26. The molecule has 0 amide bonds. The van der Waals surface area contributed by atoms with Gasteiger partial charge in [0.25, 0.3) is 0 Å². The molecule has 0 radical (unpaired) electrons. The Morgan fingerprint density at radius 1 is 1.56 bits per heavy atom. The molecule has 5 nitrogen and oxygen atoms in total. The number of Topliss-reactive ketones (excluding diaryl/α,β-unsaturated/α-hetero) is 1. The maximum absolute atomic E-state index is 12.5. The zero-order chi connectivity index (χ0) is 13.0. The van der Waals surface area contributed by atoms with E-state index in [1.807, 2.05) is 0 Å². The monoisotopic (exact) mass is 252 g/mol. The van der Waals surface area contributed by atoms with Crippen molar-refractivity contribution in [2.45, 2.75) is 32.7 Å². The minimum atomic E-state index is 0.0416. The van der Waals surface area contributed by atoms with E-state index in [4.69, 9.17) is 9.47 Å².